The maximum atomic E-state index is 13.8. The van der Waals surface area contributed by atoms with Crippen molar-refractivity contribution in [1.29, 1.82) is 0 Å². The number of amides is 2. The van der Waals surface area contributed by atoms with Crippen molar-refractivity contribution in [3.8, 4) is 5.75 Å². The summed E-state index contributed by atoms with van der Waals surface area (Å²) in [6, 6.07) is 10.6. The summed E-state index contributed by atoms with van der Waals surface area (Å²) in [5.41, 5.74) is 1.87. The minimum atomic E-state index is -3.94. The molecule has 2 heterocycles. The molecule has 0 radical (unpaired) electrons. The SMILES string of the molecule is CCOc1ccccc1NC(=O)[C@H]1CCCN(S(=O)(=O)c2cc(Br)cc3c2N(C(=O)CC)CC3)C1. The van der Waals surface area contributed by atoms with Gasteiger partial charge in [-0.1, -0.05) is 35.0 Å². The lowest BCUT2D eigenvalue weighted by Gasteiger charge is -2.32. The zero-order valence-electron chi connectivity index (χ0n) is 19.9. The highest BCUT2D eigenvalue weighted by Gasteiger charge is 2.38. The summed E-state index contributed by atoms with van der Waals surface area (Å²) in [7, 11) is -3.94. The molecule has 4 rings (SSSR count). The molecule has 2 amide bonds. The van der Waals surface area contributed by atoms with Crippen LogP contribution in [0.15, 0.2) is 45.8 Å². The van der Waals surface area contributed by atoms with Crippen LogP contribution in [0.4, 0.5) is 11.4 Å². The number of rotatable bonds is 7. The van der Waals surface area contributed by atoms with E-state index in [0.29, 0.717) is 67.0 Å². The van der Waals surface area contributed by atoms with Gasteiger partial charge in [-0.3, -0.25) is 9.59 Å². The molecule has 0 aliphatic carbocycles. The minimum absolute atomic E-state index is 0.0774. The molecule has 0 unspecified atom stereocenters. The van der Waals surface area contributed by atoms with E-state index in [1.54, 1.807) is 30.0 Å². The van der Waals surface area contributed by atoms with Gasteiger partial charge in [0.1, 0.15) is 10.6 Å². The van der Waals surface area contributed by atoms with Crippen molar-refractivity contribution < 1.29 is 22.7 Å². The molecule has 1 N–H and O–H groups in total. The van der Waals surface area contributed by atoms with Crippen LogP contribution in [0.2, 0.25) is 0 Å². The molecule has 2 aromatic carbocycles. The predicted octanol–water partition coefficient (Wildman–Crippen LogP) is 4.19. The van der Waals surface area contributed by atoms with Crippen LogP contribution in [0.3, 0.4) is 0 Å². The summed E-state index contributed by atoms with van der Waals surface area (Å²) < 4.78 is 35.3. The molecule has 1 fully saturated rings. The number of carbonyl (C=O) groups is 2. The number of hydrogen-bond acceptors (Lipinski definition) is 5. The lowest BCUT2D eigenvalue weighted by atomic mass is 9.98. The van der Waals surface area contributed by atoms with Crippen molar-refractivity contribution in [2.45, 2.75) is 44.4 Å². The number of sulfonamides is 1. The van der Waals surface area contributed by atoms with E-state index in [2.05, 4.69) is 21.2 Å². The second-order valence-electron chi connectivity index (χ2n) is 8.68. The van der Waals surface area contributed by atoms with E-state index < -0.39 is 15.9 Å². The van der Waals surface area contributed by atoms with Gasteiger partial charge in [0.05, 0.1) is 23.9 Å². The largest absolute Gasteiger partial charge is 0.492 e. The smallest absolute Gasteiger partial charge is 0.245 e. The van der Waals surface area contributed by atoms with Gasteiger partial charge in [0.15, 0.2) is 0 Å². The molecule has 2 aliphatic rings. The van der Waals surface area contributed by atoms with Crippen LogP contribution in [0.25, 0.3) is 0 Å². The third kappa shape index (κ3) is 5.24. The first-order valence-corrected chi connectivity index (χ1v) is 14.1. The Bertz CT molecular complexity index is 1230. The Balaban J connectivity index is 1.59. The Kier molecular flexibility index (Phi) is 7.83. The standard InChI is InChI=1S/C25H30BrN3O5S/c1-3-23(30)29-13-11-17-14-19(26)15-22(24(17)29)35(32,33)28-12-7-8-18(16-28)25(31)27-20-9-5-6-10-21(20)34-4-2/h5-6,9-10,14-15,18H,3-4,7-8,11-13,16H2,1-2H3,(H,27,31)/t18-/m0/s1. The number of para-hydroxylation sites is 2. The van der Waals surface area contributed by atoms with Crippen LogP contribution < -0.4 is 15.0 Å². The molecule has 0 bridgehead atoms. The lowest BCUT2D eigenvalue weighted by Crippen LogP contribution is -2.44. The number of ether oxygens (including phenoxy) is 1. The van der Waals surface area contributed by atoms with E-state index in [9.17, 15) is 18.0 Å². The second-order valence-corrected chi connectivity index (χ2v) is 11.5. The number of halogens is 1. The first-order valence-electron chi connectivity index (χ1n) is 11.9. The van der Waals surface area contributed by atoms with Crippen LogP contribution in [0, 0.1) is 5.92 Å². The zero-order valence-corrected chi connectivity index (χ0v) is 22.3. The van der Waals surface area contributed by atoms with Crippen LogP contribution in [-0.2, 0) is 26.0 Å². The van der Waals surface area contributed by atoms with Crippen molar-refractivity contribution in [2.75, 3.05) is 36.5 Å². The average Bonchev–Trinajstić information content (AvgIpc) is 3.28. The fraction of sp³-hybridized carbons (Fsp3) is 0.440. The highest BCUT2D eigenvalue weighted by molar-refractivity contribution is 9.10. The molecule has 35 heavy (non-hydrogen) atoms. The van der Waals surface area contributed by atoms with Crippen LogP contribution in [0.1, 0.15) is 38.7 Å². The third-order valence-electron chi connectivity index (χ3n) is 6.41. The summed E-state index contributed by atoms with van der Waals surface area (Å²) in [5.74, 6) is -0.262. The van der Waals surface area contributed by atoms with Gasteiger partial charge in [0.25, 0.3) is 0 Å². The van der Waals surface area contributed by atoms with Crippen molar-refractivity contribution in [3.05, 3.63) is 46.4 Å². The first-order chi connectivity index (χ1) is 16.8. The monoisotopic (exact) mass is 563 g/mol. The molecule has 1 atom stereocenters. The highest BCUT2D eigenvalue weighted by Crippen LogP contribution is 2.40. The van der Waals surface area contributed by atoms with Gasteiger partial charge < -0.3 is 15.0 Å². The first kappa shape index (κ1) is 25.7. The number of piperidine rings is 1. The zero-order chi connectivity index (χ0) is 25.2. The molecule has 0 saturated carbocycles. The topological polar surface area (TPSA) is 96.0 Å². The molecule has 0 spiro atoms. The maximum absolute atomic E-state index is 13.8. The molecule has 2 aromatic rings. The van der Waals surface area contributed by atoms with Crippen LogP contribution >= 0.6 is 15.9 Å². The Labute approximate surface area is 214 Å². The molecule has 2 aliphatic heterocycles. The summed E-state index contributed by atoms with van der Waals surface area (Å²) in [5, 5.41) is 2.91. The number of nitrogens with zero attached hydrogens (tertiary/aromatic N) is 2. The molecular formula is C25H30BrN3O5S. The minimum Gasteiger partial charge on any atom is -0.492 e. The second kappa shape index (κ2) is 10.7. The Hall–Kier alpha value is -2.43. The van der Waals surface area contributed by atoms with Gasteiger partial charge in [-0.25, -0.2) is 8.42 Å². The van der Waals surface area contributed by atoms with E-state index in [4.69, 9.17) is 4.74 Å². The Morgan fingerprint density at radius 2 is 1.94 bits per heavy atom. The summed E-state index contributed by atoms with van der Waals surface area (Å²) in [4.78, 5) is 27.3. The van der Waals surface area contributed by atoms with Crippen LogP contribution in [-0.4, -0.2) is 50.8 Å². The Morgan fingerprint density at radius 1 is 1.17 bits per heavy atom. The maximum Gasteiger partial charge on any atom is 0.245 e. The van der Waals surface area contributed by atoms with Crippen molar-refractivity contribution >= 4 is 49.1 Å². The third-order valence-corrected chi connectivity index (χ3v) is 8.75. The van der Waals surface area contributed by atoms with Crippen molar-refractivity contribution in [3.63, 3.8) is 0 Å². The number of benzene rings is 2. The Morgan fingerprint density at radius 3 is 2.69 bits per heavy atom. The van der Waals surface area contributed by atoms with E-state index >= 15 is 0 Å². The van der Waals surface area contributed by atoms with E-state index in [0.717, 1.165) is 5.56 Å². The van der Waals surface area contributed by atoms with Crippen molar-refractivity contribution in [2.24, 2.45) is 5.92 Å². The molecule has 8 nitrogen and oxygen atoms in total. The molecule has 0 aromatic heterocycles. The number of anilines is 2. The number of carbonyl (C=O) groups excluding carboxylic acids is 2. The lowest BCUT2D eigenvalue weighted by molar-refractivity contribution is -0.121. The van der Waals surface area contributed by atoms with Gasteiger partial charge >= 0.3 is 0 Å². The van der Waals surface area contributed by atoms with E-state index in [1.807, 2.05) is 25.1 Å². The molecule has 188 valence electrons. The highest BCUT2D eigenvalue weighted by atomic mass is 79.9. The van der Waals surface area contributed by atoms with Gasteiger partial charge in [0, 0.05) is 30.5 Å². The summed E-state index contributed by atoms with van der Waals surface area (Å²) >= 11 is 3.44. The van der Waals surface area contributed by atoms with E-state index in [1.165, 1.54) is 4.31 Å². The molecular weight excluding hydrogens is 534 g/mol. The fourth-order valence-electron chi connectivity index (χ4n) is 4.71. The molecule has 1 saturated heterocycles. The van der Waals surface area contributed by atoms with Gasteiger partial charge in [-0.05, 0) is 56.0 Å². The summed E-state index contributed by atoms with van der Waals surface area (Å²) in [6.07, 6.45) is 2.06. The quantitative estimate of drug-likeness (QED) is 0.545. The normalized spacial score (nSPS) is 18.3. The summed E-state index contributed by atoms with van der Waals surface area (Å²) in [6.45, 7) is 4.97. The number of fused-ring (bicyclic) bond motifs is 1. The van der Waals surface area contributed by atoms with Gasteiger partial charge in [-0.15, -0.1) is 0 Å². The molecule has 10 heteroatoms. The fourth-order valence-corrected chi connectivity index (χ4v) is 7.15. The van der Waals surface area contributed by atoms with E-state index in [-0.39, 0.29) is 23.3 Å². The predicted molar refractivity (Wildman–Crippen MR) is 138 cm³/mol. The average molecular weight is 565 g/mol. The number of nitrogens with one attached hydrogen (secondary N) is 1. The van der Waals surface area contributed by atoms with Gasteiger partial charge in [0.2, 0.25) is 21.8 Å². The van der Waals surface area contributed by atoms with Crippen molar-refractivity contribution in [1.82, 2.24) is 4.31 Å². The van der Waals surface area contributed by atoms with Crippen LogP contribution in [0.5, 0.6) is 5.75 Å². The number of hydrogen-bond donors (Lipinski definition) is 1. The van der Waals surface area contributed by atoms with Gasteiger partial charge in [-0.2, -0.15) is 4.31 Å².